The lowest BCUT2D eigenvalue weighted by molar-refractivity contribution is 0.405. The first-order valence-corrected chi connectivity index (χ1v) is 14.0. The van der Waals surface area contributed by atoms with Crippen molar-refractivity contribution >= 4 is 8.25 Å². The third-order valence-corrected chi connectivity index (χ3v) is 5.40. The van der Waals surface area contributed by atoms with Crippen LogP contribution in [0.25, 0.3) is 0 Å². The zero-order valence-electron chi connectivity index (χ0n) is 23.3. The molecule has 0 rings (SSSR count). The molecule has 0 saturated carbocycles. The quantitative estimate of drug-likeness (QED) is 0.136. The first kappa shape index (κ1) is 34.8. The van der Waals surface area contributed by atoms with Crippen LogP contribution in [0.5, 0.6) is 0 Å². The van der Waals surface area contributed by atoms with Gasteiger partial charge in [0.15, 0.2) is 0 Å². The van der Waals surface area contributed by atoms with Gasteiger partial charge in [-0.3, -0.25) is 4.57 Å². The van der Waals surface area contributed by atoms with E-state index in [1.165, 1.54) is 97.6 Å². The zero-order valence-corrected chi connectivity index (χ0v) is 24.3. The standard InChI is InChI=1S/C30H50.H3O3P/c1-25(2)15-11-19-29(7)23-13-21-27(5)17-9-10-18-28(6)22-14-24-30(8)20-12-16-26(3)4;1-4(2)3/h15-18,23-24H,9-14,19-22H2,1-8H3;4H,(H2,1,2,3). The summed E-state index contributed by atoms with van der Waals surface area (Å²) in [6.07, 6.45) is 26.2. The maximum atomic E-state index is 8.74. The molecule has 0 atom stereocenters. The van der Waals surface area contributed by atoms with Crippen molar-refractivity contribution in [2.75, 3.05) is 0 Å². The molecule has 3 nitrogen and oxygen atoms in total. The Hall–Kier alpha value is -1.41. The molecule has 2 N–H and O–H groups in total. The third kappa shape index (κ3) is 30.6. The Morgan fingerprint density at radius 3 is 0.912 bits per heavy atom. The van der Waals surface area contributed by atoms with E-state index in [1.807, 2.05) is 0 Å². The van der Waals surface area contributed by atoms with Crippen LogP contribution in [0.15, 0.2) is 69.9 Å². The summed E-state index contributed by atoms with van der Waals surface area (Å²) in [6.45, 7) is 17.8. The highest BCUT2D eigenvalue weighted by molar-refractivity contribution is 7.30. The molecule has 0 spiro atoms. The highest BCUT2D eigenvalue weighted by Crippen LogP contribution is 2.14. The highest BCUT2D eigenvalue weighted by atomic mass is 31.1. The highest BCUT2D eigenvalue weighted by Gasteiger charge is 1.94. The molecule has 4 heteroatoms. The smallest absolute Gasteiger partial charge is 0.314 e. The molecule has 34 heavy (non-hydrogen) atoms. The summed E-state index contributed by atoms with van der Waals surface area (Å²) in [4.78, 5) is 14.3. The van der Waals surface area contributed by atoms with Crippen molar-refractivity contribution < 1.29 is 14.4 Å². The van der Waals surface area contributed by atoms with Gasteiger partial charge in [-0.05, 0) is 120 Å². The van der Waals surface area contributed by atoms with Gasteiger partial charge >= 0.3 is 8.25 Å². The van der Waals surface area contributed by atoms with Crippen LogP contribution < -0.4 is 0 Å². The minimum atomic E-state index is -3.13. The van der Waals surface area contributed by atoms with Gasteiger partial charge in [-0.2, -0.15) is 0 Å². The lowest BCUT2D eigenvalue weighted by Crippen LogP contribution is -1.82. The summed E-state index contributed by atoms with van der Waals surface area (Å²) in [5.41, 5.74) is 8.97. The second kappa shape index (κ2) is 23.3. The predicted octanol–water partition coefficient (Wildman–Crippen LogP) is 9.97. The Kier molecular flexibility index (Phi) is 23.9. The number of allylic oxidation sites excluding steroid dienone is 12. The second-order valence-electron chi connectivity index (χ2n) is 9.78. The summed E-state index contributed by atoms with van der Waals surface area (Å²) in [6, 6.07) is 0. The van der Waals surface area contributed by atoms with Crippen molar-refractivity contribution in [3.8, 4) is 0 Å². The van der Waals surface area contributed by atoms with Gasteiger partial charge in [-0.25, -0.2) is 0 Å². The maximum Gasteiger partial charge on any atom is 0.314 e. The normalized spacial score (nSPS) is 12.9. The molecule has 0 radical (unpaired) electrons. The molecule has 0 amide bonds. The van der Waals surface area contributed by atoms with Gasteiger partial charge in [0.1, 0.15) is 0 Å². The predicted molar refractivity (Wildman–Crippen MR) is 153 cm³/mol. The Balaban J connectivity index is 0. The van der Waals surface area contributed by atoms with Gasteiger partial charge in [0.2, 0.25) is 0 Å². The van der Waals surface area contributed by atoms with Gasteiger partial charge in [0.25, 0.3) is 0 Å². The molecular weight excluding hydrogens is 439 g/mol. The molecule has 0 bridgehead atoms. The third-order valence-electron chi connectivity index (χ3n) is 5.40. The van der Waals surface area contributed by atoms with Crippen LogP contribution in [-0.4, -0.2) is 9.79 Å². The van der Waals surface area contributed by atoms with E-state index in [4.69, 9.17) is 14.4 Å². The van der Waals surface area contributed by atoms with Gasteiger partial charge in [0.05, 0.1) is 0 Å². The van der Waals surface area contributed by atoms with Crippen LogP contribution in [0.2, 0.25) is 0 Å². The van der Waals surface area contributed by atoms with Gasteiger partial charge < -0.3 is 9.79 Å². The van der Waals surface area contributed by atoms with E-state index in [0.29, 0.717) is 0 Å². The fourth-order valence-electron chi connectivity index (χ4n) is 3.34. The summed E-state index contributed by atoms with van der Waals surface area (Å²) in [5, 5.41) is 0. The summed E-state index contributed by atoms with van der Waals surface area (Å²) < 4.78 is 8.74. The molecule has 0 aliphatic heterocycles. The van der Waals surface area contributed by atoms with Crippen LogP contribution in [0.3, 0.4) is 0 Å². The Bertz CT molecular complexity index is 679. The van der Waals surface area contributed by atoms with Crippen LogP contribution >= 0.6 is 8.25 Å². The first-order chi connectivity index (χ1) is 15.9. The van der Waals surface area contributed by atoms with Gasteiger partial charge in [0, 0.05) is 0 Å². The van der Waals surface area contributed by atoms with E-state index < -0.39 is 8.25 Å². The Labute approximate surface area is 212 Å². The fourth-order valence-corrected chi connectivity index (χ4v) is 3.34. The van der Waals surface area contributed by atoms with Crippen LogP contribution in [0.4, 0.5) is 0 Å². The van der Waals surface area contributed by atoms with Gasteiger partial charge in [-0.15, -0.1) is 0 Å². The molecule has 0 aliphatic rings. The topological polar surface area (TPSA) is 57.5 Å². The van der Waals surface area contributed by atoms with Crippen molar-refractivity contribution in [1.82, 2.24) is 0 Å². The molecule has 196 valence electrons. The summed E-state index contributed by atoms with van der Waals surface area (Å²) >= 11 is 0. The first-order valence-electron chi connectivity index (χ1n) is 12.7. The van der Waals surface area contributed by atoms with Crippen molar-refractivity contribution in [3.05, 3.63) is 69.9 Å². The van der Waals surface area contributed by atoms with Crippen LogP contribution in [0, 0.1) is 0 Å². The van der Waals surface area contributed by atoms with E-state index in [0.717, 1.165) is 0 Å². The Morgan fingerprint density at radius 2 is 0.676 bits per heavy atom. The SMILES string of the molecule is CC(C)=CCCC(C)=CCCC(C)=CCCC=C(C)CCC=C(C)CCC=C(C)C.O=[PH](O)O. The zero-order chi connectivity index (χ0) is 26.4. The summed E-state index contributed by atoms with van der Waals surface area (Å²) in [7, 11) is -3.13. The number of hydrogen-bond donors (Lipinski definition) is 2. The number of rotatable bonds is 15. The van der Waals surface area contributed by atoms with Crippen LogP contribution in [-0.2, 0) is 4.57 Å². The average Bonchev–Trinajstić information content (AvgIpc) is 2.70. The van der Waals surface area contributed by atoms with E-state index in [1.54, 1.807) is 0 Å². The van der Waals surface area contributed by atoms with E-state index >= 15 is 0 Å². The van der Waals surface area contributed by atoms with Crippen molar-refractivity contribution in [3.63, 3.8) is 0 Å². The average molecular weight is 493 g/mol. The fraction of sp³-hybridized carbons (Fsp3) is 0.600. The van der Waals surface area contributed by atoms with Gasteiger partial charge in [-0.1, -0.05) is 69.9 Å². The van der Waals surface area contributed by atoms with Crippen molar-refractivity contribution in [1.29, 1.82) is 0 Å². The number of unbranched alkanes of at least 4 members (excludes halogenated alkanes) is 1. The van der Waals surface area contributed by atoms with E-state index in [9.17, 15) is 0 Å². The lowest BCUT2D eigenvalue weighted by Gasteiger charge is -2.02. The Morgan fingerprint density at radius 1 is 0.471 bits per heavy atom. The molecule has 0 unspecified atom stereocenters. The second-order valence-corrected chi connectivity index (χ2v) is 10.3. The van der Waals surface area contributed by atoms with Crippen LogP contribution in [0.1, 0.15) is 120 Å². The lowest BCUT2D eigenvalue weighted by atomic mass is 10.0. The molecule has 0 aromatic rings. The molecule has 0 aromatic heterocycles. The molecule has 0 aliphatic carbocycles. The van der Waals surface area contributed by atoms with Crippen molar-refractivity contribution in [2.24, 2.45) is 0 Å². The van der Waals surface area contributed by atoms with E-state index in [2.05, 4.69) is 91.8 Å². The molecule has 0 heterocycles. The maximum absolute atomic E-state index is 8.74. The molecular formula is C30H53O3P. The molecule has 0 fully saturated rings. The minimum Gasteiger partial charge on any atom is -0.326 e. The molecule has 0 saturated heterocycles. The monoisotopic (exact) mass is 492 g/mol. The largest absolute Gasteiger partial charge is 0.326 e. The van der Waals surface area contributed by atoms with E-state index in [-0.39, 0.29) is 0 Å². The molecule has 0 aromatic carbocycles. The number of hydrogen-bond acceptors (Lipinski definition) is 1. The summed E-state index contributed by atoms with van der Waals surface area (Å²) in [5.74, 6) is 0. The minimum absolute atomic E-state index is 1.17. The van der Waals surface area contributed by atoms with Crippen molar-refractivity contribution in [2.45, 2.75) is 120 Å².